The number of benzene rings is 2. The Labute approximate surface area is 141 Å². The summed E-state index contributed by atoms with van der Waals surface area (Å²) in [5.74, 6) is 0.808. The highest BCUT2D eigenvalue weighted by Crippen LogP contribution is 2.30. The predicted molar refractivity (Wildman–Crippen MR) is 98.1 cm³/mol. The van der Waals surface area contributed by atoms with E-state index in [0.717, 1.165) is 28.4 Å². The first-order valence-corrected chi connectivity index (χ1v) is 7.88. The number of nitrogens with one attached hydrogen (secondary N) is 2. The first-order valence-electron chi connectivity index (χ1n) is 7.41. The second kappa shape index (κ2) is 6.71. The molecule has 2 N–H and O–H groups in total. The lowest BCUT2D eigenvalue weighted by Gasteiger charge is -2.28. The average molecular weight is 325 g/mol. The second-order valence-corrected chi connectivity index (χ2v) is 5.55. The maximum Gasteiger partial charge on any atom is 0.148 e. The molecule has 2 aromatic carbocycles. The number of allylic oxidation sites excluding steroid dienone is 1. The highest BCUT2D eigenvalue weighted by atomic mass is 32.1. The molecule has 23 heavy (non-hydrogen) atoms. The van der Waals surface area contributed by atoms with Gasteiger partial charge in [-0.3, -0.25) is 10.4 Å². The predicted octanol–water partition coefficient (Wildman–Crippen LogP) is 3.64. The molecule has 1 aliphatic rings. The van der Waals surface area contributed by atoms with Crippen molar-refractivity contribution in [2.45, 2.75) is 13.1 Å². The van der Waals surface area contributed by atoms with E-state index >= 15 is 0 Å². The Morgan fingerprint density at radius 3 is 2.65 bits per heavy atom. The van der Waals surface area contributed by atoms with E-state index in [1.165, 1.54) is 0 Å². The second-order valence-electron chi connectivity index (χ2n) is 5.28. The van der Waals surface area contributed by atoms with Crippen LogP contribution in [0.25, 0.3) is 5.70 Å². The number of rotatable bonds is 5. The van der Waals surface area contributed by atoms with Gasteiger partial charge in [-0.05, 0) is 19.1 Å². The summed E-state index contributed by atoms with van der Waals surface area (Å²) < 4.78 is 5.29. The summed E-state index contributed by atoms with van der Waals surface area (Å²) in [5.41, 5.74) is 7.67. The third kappa shape index (κ3) is 3.14. The van der Waals surface area contributed by atoms with Crippen LogP contribution >= 0.6 is 12.2 Å². The smallest absolute Gasteiger partial charge is 0.148 e. The number of hydrazine groups is 1. The molecule has 0 bridgehead atoms. The molecular formula is C18H19N3OS. The van der Waals surface area contributed by atoms with Crippen LogP contribution in [0.4, 0.5) is 5.69 Å². The average Bonchev–Trinajstić information content (AvgIpc) is 2.91. The van der Waals surface area contributed by atoms with Gasteiger partial charge in [0.15, 0.2) is 0 Å². The first kappa shape index (κ1) is 15.4. The molecule has 1 heterocycles. The van der Waals surface area contributed by atoms with E-state index in [4.69, 9.17) is 17.0 Å². The highest BCUT2D eigenvalue weighted by molar-refractivity contribution is 7.79. The normalized spacial score (nSPS) is 17.0. The zero-order chi connectivity index (χ0) is 16.2. The Morgan fingerprint density at radius 1 is 1.17 bits per heavy atom. The van der Waals surface area contributed by atoms with Crippen molar-refractivity contribution in [3.63, 3.8) is 0 Å². The largest absolute Gasteiger partial charge is 0.497 e. The number of thiocarbonyl (C=S) groups is 1. The van der Waals surface area contributed by atoms with E-state index in [1.807, 2.05) is 47.5 Å². The van der Waals surface area contributed by atoms with E-state index in [-0.39, 0.29) is 6.17 Å². The van der Waals surface area contributed by atoms with Crippen LogP contribution in [0, 0.1) is 0 Å². The van der Waals surface area contributed by atoms with Crippen molar-refractivity contribution in [1.82, 2.24) is 10.3 Å². The van der Waals surface area contributed by atoms with Crippen LogP contribution in [0.1, 0.15) is 12.5 Å². The van der Waals surface area contributed by atoms with Crippen molar-refractivity contribution in [3.05, 3.63) is 65.9 Å². The Balaban J connectivity index is 1.94. The summed E-state index contributed by atoms with van der Waals surface area (Å²) in [5, 5.41) is 7.17. The van der Waals surface area contributed by atoms with Gasteiger partial charge < -0.3 is 10.1 Å². The summed E-state index contributed by atoms with van der Waals surface area (Å²) in [7, 11) is 1.66. The van der Waals surface area contributed by atoms with E-state index in [1.54, 1.807) is 12.5 Å². The van der Waals surface area contributed by atoms with Gasteiger partial charge in [0.2, 0.25) is 0 Å². The summed E-state index contributed by atoms with van der Waals surface area (Å²) in [6.07, 6.45) is -0.0913. The standard InChI is InChI=1S/C18H19N3OS/c1-13-18(14-7-4-3-5-8-14)21(17(12-23)19-13)20-15-9-6-10-16(11-15)22-2/h3-12,17,19-20H,1-2H3. The molecule has 118 valence electrons. The van der Waals surface area contributed by atoms with Crippen LogP contribution in [-0.2, 0) is 0 Å². The van der Waals surface area contributed by atoms with Gasteiger partial charge >= 0.3 is 0 Å². The molecule has 3 rings (SSSR count). The molecule has 1 atom stereocenters. The van der Waals surface area contributed by atoms with Gasteiger partial charge in [-0.2, -0.15) is 0 Å². The van der Waals surface area contributed by atoms with E-state index in [9.17, 15) is 0 Å². The Bertz CT molecular complexity index is 730. The summed E-state index contributed by atoms with van der Waals surface area (Å²) in [6, 6.07) is 18.1. The minimum atomic E-state index is -0.0913. The molecule has 1 aliphatic heterocycles. The van der Waals surface area contributed by atoms with Crippen LogP contribution in [-0.4, -0.2) is 23.7 Å². The fourth-order valence-corrected chi connectivity index (χ4v) is 2.87. The maximum atomic E-state index is 5.29. The lowest BCUT2D eigenvalue weighted by molar-refractivity contribution is 0.412. The van der Waals surface area contributed by atoms with E-state index < -0.39 is 0 Å². The van der Waals surface area contributed by atoms with Crippen molar-refractivity contribution in [2.24, 2.45) is 0 Å². The number of methoxy groups -OCH3 is 1. The molecular weight excluding hydrogens is 306 g/mol. The minimum Gasteiger partial charge on any atom is -0.497 e. The molecule has 0 saturated carbocycles. The fraction of sp³-hybridized carbons (Fsp3) is 0.167. The molecule has 0 aliphatic carbocycles. The third-order valence-electron chi connectivity index (χ3n) is 3.73. The molecule has 0 spiro atoms. The van der Waals surface area contributed by atoms with Gasteiger partial charge in [-0.15, -0.1) is 0 Å². The van der Waals surface area contributed by atoms with Crippen molar-refractivity contribution < 1.29 is 4.74 Å². The topological polar surface area (TPSA) is 36.5 Å². The number of anilines is 1. The van der Waals surface area contributed by atoms with Crippen molar-refractivity contribution >= 4 is 29.0 Å². The van der Waals surface area contributed by atoms with Gasteiger partial charge in [0.25, 0.3) is 0 Å². The lowest BCUT2D eigenvalue weighted by atomic mass is 10.1. The molecule has 0 saturated heterocycles. The molecule has 1 unspecified atom stereocenters. The van der Waals surface area contributed by atoms with Gasteiger partial charge in [-0.1, -0.05) is 48.6 Å². The lowest BCUT2D eigenvalue weighted by Crippen LogP contribution is -2.41. The van der Waals surface area contributed by atoms with E-state index in [0.29, 0.717) is 0 Å². The van der Waals surface area contributed by atoms with Crippen molar-refractivity contribution in [3.8, 4) is 5.75 Å². The van der Waals surface area contributed by atoms with E-state index in [2.05, 4.69) is 29.8 Å². The Morgan fingerprint density at radius 2 is 1.96 bits per heavy atom. The number of hydrogen-bond donors (Lipinski definition) is 2. The number of ether oxygens (including phenoxy) is 1. The molecule has 0 radical (unpaired) electrons. The molecule has 0 fully saturated rings. The van der Waals surface area contributed by atoms with Gasteiger partial charge in [0.1, 0.15) is 11.9 Å². The van der Waals surface area contributed by atoms with Gasteiger partial charge in [0, 0.05) is 22.7 Å². The molecule has 4 nitrogen and oxygen atoms in total. The number of nitrogens with zero attached hydrogens (tertiary/aromatic N) is 1. The molecule has 0 amide bonds. The SMILES string of the molecule is COc1cccc(NN2C(c3ccccc3)=C(C)NC2C=S)c1. The zero-order valence-corrected chi connectivity index (χ0v) is 13.9. The summed E-state index contributed by atoms with van der Waals surface area (Å²) >= 11 is 5.19. The van der Waals surface area contributed by atoms with Crippen LogP contribution < -0.4 is 15.5 Å². The van der Waals surface area contributed by atoms with Crippen LogP contribution in [0.5, 0.6) is 5.75 Å². The Kier molecular flexibility index (Phi) is 4.48. The van der Waals surface area contributed by atoms with Gasteiger partial charge in [0.05, 0.1) is 18.5 Å². The Hall–Kier alpha value is -2.53. The number of hydrogen-bond acceptors (Lipinski definition) is 5. The molecule has 2 aromatic rings. The van der Waals surface area contributed by atoms with Crippen LogP contribution in [0.2, 0.25) is 0 Å². The maximum absolute atomic E-state index is 5.29. The third-order valence-corrected chi connectivity index (χ3v) is 3.99. The minimum absolute atomic E-state index is 0.0913. The van der Waals surface area contributed by atoms with Crippen molar-refractivity contribution in [2.75, 3.05) is 12.5 Å². The molecule has 5 heteroatoms. The monoisotopic (exact) mass is 325 g/mol. The van der Waals surface area contributed by atoms with Crippen LogP contribution in [0.3, 0.4) is 0 Å². The first-order chi connectivity index (χ1) is 11.2. The molecule has 0 aromatic heterocycles. The zero-order valence-electron chi connectivity index (χ0n) is 13.1. The summed E-state index contributed by atoms with van der Waals surface area (Å²) in [6.45, 7) is 2.06. The highest BCUT2D eigenvalue weighted by Gasteiger charge is 2.29. The van der Waals surface area contributed by atoms with Gasteiger partial charge in [-0.25, -0.2) is 0 Å². The fourth-order valence-electron chi connectivity index (χ4n) is 2.68. The van der Waals surface area contributed by atoms with Crippen LogP contribution in [0.15, 0.2) is 60.3 Å². The summed E-state index contributed by atoms with van der Waals surface area (Å²) in [4.78, 5) is 0. The quantitative estimate of drug-likeness (QED) is 0.821. The van der Waals surface area contributed by atoms with Crippen molar-refractivity contribution in [1.29, 1.82) is 0 Å².